The summed E-state index contributed by atoms with van der Waals surface area (Å²) in [6.45, 7) is 3.03. The highest BCUT2D eigenvalue weighted by molar-refractivity contribution is 5.94. The summed E-state index contributed by atoms with van der Waals surface area (Å²) in [5.74, 6) is -0.169. The van der Waals surface area contributed by atoms with Gasteiger partial charge in [0.25, 0.3) is 11.5 Å². The van der Waals surface area contributed by atoms with E-state index in [1.54, 1.807) is 41.1 Å². The van der Waals surface area contributed by atoms with Crippen LogP contribution in [-0.2, 0) is 13.1 Å². The summed E-state index contributed by atoms with van der Waals surface area (Å²) in [6, 6.07) is 18.7. The Morgan fingerprint density at radius 3 is 2.42 bits per heavy atom. The molecule has 0 fully saturated rings. The van der Waals surface area contributed by atoms with Crippen LogP contribution in [0.5, 0.6) is 0 Å². The predicted molar refractivity (Wildman–Crippen MR) is 131 cm³/mol. The molecule has 7 nitrogen and oxygen atoms in total. The Morgan fingerprint density at radius 1 is 1.03 bits per heavy atom. The molecule has 168 valence electrons. The molecule has 0 aliphatic carbocycles. The lowest BCUT2D eigenvalue weighted by atomic mass is 10.1. The molecular formula is C26H27N5O2. The number of aromatic nitrogens is 3. The van der Waals surface area contributed by atoms with E-state index in [0.717, 1.165) is 17.7 Å². The molecule has 0 bridgehead atoms. The number of amides is 1. The molecule has 2 aromatic carbocycles. The van der Waals surface area contributed by atoms with Crippen LogP contribution in [0.25, 0.3) is 22.4 Å². The molecule has 0 saturated carbocycles. The number of carbonyl (C=O) groups excluding carboxylic acids is 1. The Hall–Kier alpha value is -4.00. The molecule has 4 rings (SSSR count). The molecule has 0 unspecified atom stereocenters. The topological polar surface area (TPSA) is 80.1 Å². The number of pyridine rings is 1. The highest BCUT2D eigenvalue weighted by Crippen LogP contribution is 2.18. The van der Waals surface area contributed by atoms with Crippen molar-refractivity contribution in [2.75, 3.05) is 19.0 Å². The molecule has 0 radical (unpaired) electrons. The first-order valence-corrected chi connectivity index (χ1v) is 11.0. The van der Waals surface area contributed by atoms with E-state index in [9.17, 15) is 9.59 Å². The molecule has 0 saturated heterocycles. The molecule has 7 heteroatoms. The van der Waals surface area contributed by atoms with Crippen LogP contribution in [0.2, 0.25) is 0 Å². The zero-order valence-electron chi connectivity index (χ0n) is 19.1. The summed E-state index contributed by atoms with van der Waals surface area (Å²) in [4.78, 5) is 36.6. The number of hydrogen-bond acceptors (Lipinski definition) is 5. The number of carbonyl (C=O) groups is 1. The molecule has 1 N–H and O–H groups in total. The van der Waals surface area contributed by atoms with E-state index < -0.39 is 0 Å². The summed E-state index contributed by atoms with van der Waals surface area (Å²) in [7, 11) is 3.98. The van der Waals surface area contributed by atoms with Gasteiger partial charge in [-0.3, -0.25) is 14.2 Å². The van der Waals surface area contributed by atoms with Crippen molar-refractivity contribution in [3.8, 4) is 11.3 Å². The summed E-state index contributed by atoms with van der Waals surface area (Å²) >= 11 is 0. The van der Waals surface area contributed by atoms with E-state index in [2.05, 4.69) is 15.3 Å². The summed E-state index contributed by atoms with van der Waals surface area (Å²) in [5, 5.41) is 2.94. The zero-order valence-corrected chi connectivity index (χ0v) is 19.1. The van der Waals surface area contributed by atoms with Gasteiger partial charge in [0, 0.05) is 50.2 Å². The van der Waals surface area contributed by atoms with Crippen molar-refractivity contribution in [1.29, 1.82) is 0 Å². The van der Waals surface area contributed by atoms with Crippen molar-refractivity contribution in [1.82, 2.24) is 19.9 Å². The number of rotatable bonds is 7. The average molecular weight is 442 g/mol. The fraction of sp³-hybridized carbons (Fsp3) is 0.231. The van der Waals surface area contributed by atoms with Crippen LogP contribution in [0.15, 0.2) is 71.7 Å². The van der Waals surface area contributed by atoms with Crippen molar-refractivity contribution < 1.29 is 4.79 Å². The van der Waals surface area contributed by atoms with E-state index in [1.807, 2.05) is 56.3 Å². The van der Waals surface area contributed by atoms with Crippen LogP contribution in [0.4, 0.5) is 5.69 Å². The van der Waals surface area contributed by atoms with Crippen LogP contribution in [-0.4, -0.2) is 34.5 Å². The maximum absolute atomic E-state index is 13.1. The van der Waals surface area contributed by atoms with Crippen molar-refractivity contribution in [2.24, 2.45) is 0 Å². The predicted octanol–water partition coefficient (Wildman–Crippen LogP) is 3.86. The van der Waals surface area contributed by atoms with Crippen LogP contribution in [0, 0.1) is 0 Å². The number of hydrogen-bond donors (Lipinski definition) is 1. The second kappa shape index (κ2) is 9.65. The third kappa shape index (κ3) is 4.77. The van der Waals surface area contributed by atoms with Gasteiger partial charge in [-0.1, -0.05) is 31.2 Å². The fourth-order valence-corrected chi connectivity index (χ4v) is 3.67. The molecule has 0 spiro atoms. The zero-order chi connectivity index (χ0) is 23.4. The molecule has 2 aromatic heterocycles. The van der Waals surface area contributed by atoms with Gasteiger partial charge in [0.15, 0.2) is 5.65 Å². The van der Waals surface area contributed by atoms with E-state index in [1.165, 1.54) is 0 Å². The summed E-state index contributed by atoms with van der Waals surface area (Å²) in [6.07, 6.45) is 2.48. The number of anilines is 1. The number of aryl methyl sites for hydroxylation is 1. The van der Waals surface area contributed by atoms with Gasteiger partial charge < -0.3 is 10.2 Å². The lowest BCUT2D eigenvalue weighted by Gasteiger charge is -2.13. The maximum atomic E-state index is 13.1. The number of nitrogens with one attached hydrogen (secondary N) is 1. The van der Waals surface area contributed by atoms with Crippen molar-refractivity contribution >= 4 is 22.8 Å². The Labute approximate surface area is 192 Å². The van der Waals surface area contributed by atoms with Crippen molar-refractivity contribution in [3.05, 3.63) is 88.3 Å². The van der Waals surface area contributed by atoms with Gasteiger partial charge in [0.05, 0.1) is 0 Å². The van der Waals surface area contributed by atoms with Gasteiger partial charge in [-0.25, -0.2) is 9.97 Å². The Balaban J connectivity index is 1.53. The second-order valence-electron chi connectivity index (χ2n) is 8.08. The minimum Gasteiger partial charge on any atom is -0.378 e. The molecule has 1 amide bonds. The SMILES string of the molecule is CCCn1c(=O)c(-c2ccc(C(=O)NCc3ccc(N(C)C)cc3)cc2)nc2cccnc21. The van der Waals surface area contributed by atoms with E-state index >= 15 is 0 Å². The largest absolute Gasteiger partial charge is 0.378 e. The standard InChI is InChI=1S/C26H27N5O2/c1-4-16-31-24-22(6-5-15-27-24)29-23(26(31)33)19-9-11-20(12-10-19)25(32)28-17-18-7-13-21(14-8-18)30(2)3/h5-15H,4,16-17H2,1-3H3,(H,28,32). The van der Waals surface area contributed by atoms with Gasteiger partial charge in [-0.05, 0) is 48.4 Å². The summed E-state index contributed by atoms with van der Waals surface area (Å²) in [5.41, 5.74) is 4.77. The second-order valence-corrected chi connectivity index (χ2v) is 8.08. The highest BCUT2D eigenvalue weighted by atomic mass is 16.1. The molecular weight excluding hydrogens is 414 g/mol. The fourth-order valence-electron chi connectivity index (χ4n) is 3.67. The molecule has 0 atom stereocenters. The Kier molecular flexibility index (Phi) is 6.49. The first-order valence-electron chi connectivity index (χ1n) is 11.0. The Morgan fingerprint density at radius 2 is 1.76 bits per heavy atom. The van der Waals surface area contributed by atoms with Gasteiger partial charge >= 0.3 is 0 Å². The van der Waals surface area contributed by atoms with Crippen molar-refractivity contribution in [2.45, 2.75) is 26.4 Å². The first-order chi connectivity index (χ1) is 16.0. The molecule has 0 aliphatic rings. The number of benzene rings is 2. The minimum absolute atomic E-state index is 0.169. The third-order valence-corrected chi connectivity index (χ3v) is 5.48. The van der Waals surface area contributed by atoms with Gasteiger partial charge in [0.1, 0.15) is 11.2 Å². The Bertz CT molecular complexity index is 1330. The number of nitrogens with zero attached hydrogens (tertiary/aromatic N) is 4. The van der Waals surface area contributed by atoms with Gasteiger partial charge in [0.2, 0.25) is 0 Å². The summed E-state index contributed by atoms with van der Waals surface area (Å²) < 4.78 is 1.67. The van der Waals surface area contributed by atoms with Crippen molar-refractivity contribution in [3.63, 3.8) is 0 Å². The van der Waals surface area contributed by atoms with E-state index in [0.29, 0.717) is 41.1 Å². The molecule has 33 heavy (non-hydrogen) atoms. The van der Waals surface area contributed by atoms with Crippen LogP contribution in [0.3, 0.4) is 0 Å². The lowest BCUT2D eigenvalue weighted by molar-refractivity contribution is 0.0951. The van der Waals surface area contributed by atoms with E-state index in [-0.39, 0.29) is 11.5 Å². The highest BCUT2D eigenvalue weighted by Gasteiger charge is 2.14. The number of fused-ring (bicyclic) bond motifs is 1. The van der Waals surface area contributed by atoms with E-state index in [4.69, 9.17) is 0 Å². The van der Waals surface area contributed by atoms with Crippen LogP contribution >= 0.6 is 0 Å². The molecule has 4 aromatic rings. The van der Waals surface area contributed by atoms with Crippen LogP contribution < -0.4 is 15.8 Å². The monoisotopic (exact) mass is 441 g/mol. The van der Waals surface area contributed by atoms with Gasteiger partial charge in [-0.2, -0.15) is 0 Å². The minimum atomic E-state index is -0.179. The normalized spacial score (nSPS) is 10.9. The molecule has 0 aliphatic heterocycles. The first kappa shape index (κ1) is 22.2. The van der Waals surface area contributed by atoms with Crippen LogP contribution in [0.1, 0.15) is 29.3 Å². The quantitative estimate of drug-likeness (QED) is 0.471. The third-order valence-electron chi connectivity index (χ3n) is 5.48. The van der Waals surface area contributed by atoms with Gasteiger partial charge in [-0.15, -0.1) is 0 Å². The maximum Gasteiger partial charge on any atom is 0.278 e. The smallest absolute Gasteiger partial charge is 0.278 e. The molecule has 2 heterocycles. The lowest BCUT2D eigenvalue weighted by Crippen LogP contribution is -2.24. The average Bonchev–Trinajstić information content (AvgIpc) is 2.84.